The van der Waals surface area contributed by atoms with Gasteiger partial charge in [-0.05, 0) is 29.8 Å². The molecular weight excluding hydrogens is 338 g/mol. The van der Waals surface area contributed by atoms with Crippen LogP contribution in [0.15, 0.2) is 59.3 Å². The minimum absolute atomic E-state index is 0.173. The minimum Gasteiger partial charge on any atom is -0.506 e. The van der Waals surface area contributed by atoms with Crippen molar-refractivity contribution in [1.29, 1.82) is 0 Å². The van der Waals surface area contributed by atoms with Crippen molar-refractivity contribution in [3.63, 3.8) is 0 Å². The Hall–Kier alpha value is -3.68. The third kappa shape index (κ3) is 5.17. The molecule has 0 saturated carbocycles. The number of aromatic hydroxyl groups is 1. The molecule has 0 heterocycles. The van der Waals surface area contributed by atoms with E-state index in [9.17, 15) is 14.7 Å². The maximum Gasteiger partial charge on any atom is 0.323 e. The second kappa shape index (κ2) is 8.43. The predicted molar refractivity (Wildman–Crippen MR) is 96.3 cm³/mol. The Morgan fingerprint density at radius 3 is 2.12 bits per heavy atom. The van der Waals surface area contributed by atoms with Crippen LogP contribution in [0, 0.1) is 0 Å². The summed E-state index contributed by atoms with van der Waals surface area (Å²) in [5, 5.41) is 35.8. The van der Waals surface area contributed by atoms with Crippen molar-refractivity contribution in [3.8, 4) is 5.75 Å². The number of azo groups is 1. The van der Waals surface area contributed by atoms with Gasteiger partial charge in [0, 0.05) is 11.8 Å². The molecule has 0 bridgehead atoms. The van der Waals surface area contributed by atoms with Gasteiger partial charge in [0.15, 0.2) is 0 Å². The van der Waals surface area contributed by atoms with Crippen LogP contribution in [0.4, 0.5) is 17.1 Å². The first kappa shape index (κ1) is 18.7. The predicted octanol–water partition coefficient (Wildman–Crippen LogP) is 3.43. The van der Waals surface area contributed by atoms with E-state index < -0.39 is 25.0 Å². The molecule has 0 amide bonds. The second-order valence-electron chi connectivity index (χ2n) is 5.31. The molecule has 0 aliphatic heterocycles. The first-order valence-electron chi connectivity index (χ1n) is 7.55. The van der Waals surface area contributed by atoms with E-state index in [1.54, 1.807) is 18.2 Å². The Morgan fingerprint density at radius 2 is 1.62 bits per heavy atom. The number of carboxylic acids is 2. The van der Waals surface area contributed by atoms with Gasteiger partial charge in [-0.15, -0.1) is 5.11 Å². The highest BCUT2D eigenvalue weighted by molar-refractivity contribution is 5.80. The molecule has 0 atom stereocenters. The van der Waals surface area contributed by atoms with E-state index in [0.29, 0.717) is 5.69 Å². The maximum atomic E-state index is 10.9. The van der Waals surface area contributed by atoms with Crippen molar-refractivity contribution < 1.29 is 24.9 Å². The van der Waals surface area contributed by atoms with E-state index >= 15 is 0 Å². The Bertz CT molecular complexity index is 830. The van der Waals surface area contributed by atoms with Crippen LogP contribution in [0.25, 0.3) is 6.08 Å². The van der Waals surface area contributed by atoms with Crippen molar-refractivity contribution in [2.24, 2.45) is 10.2 Å². The number of aliphatic carboxylic acids is 2. The van der Waals surface area contributed by atoms with Crippen LogP contribution in [0.1, 0.15) is 5.56 Å². The number of carbonyl (C=O) groups is 2. The fraction of sp³-hybridized carbons (Fsp3) is 0.111. The molecule has 2 rings (SSSR count). The molecule has 0 aliphatic carbocycles. The fourth-order valence-corrected chi connectivity index (χ4v) is 2.15. The van der Waals surface area contributed by atoms with Crippen molar-refractivity contribution in [2.45, 2.75) is 0 Å². The second-order valence-corrected chi connectivity index (χ2v) is 5.31. The third-order valence-electron chi connectivity index (χ3n) is 3.38. The van der Waals surface area contributed by atoms with Crippen LogP contribution in [0.2, 0.25) is 0 Å². The van der Waals surface area contributed by atoms with Gasteiger partial charge in [-0.1, -0.05) is 24.8 Å². The number of phenolic OH excluding ortho intramolecular Hbond substituents is 1. The molecule has 0 aromatic heterocycles. The van der Waals surface area contributed by atoms with Crippen LogP contribution in [0.5, 0.6) is 5.75 Å². The molecule has 3 N–H and O–H groups in total. The topological polar surface area (TPSA) is 123 Å². The molecule has 8 nitrogen and oxygen atoms in total. The Morgan fingerprint density at radius 1 is 1.00 bits per heavy atom. The van der Waals surface area contributed by atoms with Crippen LogP contribution in [0.3, 0.4) is 0 Å². The van der Waals surface area contributed by atoms with Gasteiger partial charge in [0.2, 0.25) is 0 Å². The average molecular weight is 355 g/mol. The van der Waals surface area contributed by atoms with E-state index in [1.165, 1.54) is 18.2 Å². The molecule has 0 fully saturated rings. The number of rotatable bonds is 8. The van der Waals surface area contributed by atoms with Gasteiger partial charge in [0.25, 0.3) is 0 Å². The Labute approximate surface area is 149 Å². The van der Waals surface area contributed by atoms with Gasteiger partial charge >= 0.3 is 11.9 Å². The molecule has 0 unspecified atom stereocenters. The van der Waals surface area contributed by atoms with Gasteiger partial charge in [-0.2, -0.15) is 5.11 Å². The standard InChI is InChI=1S/C18H17N3O5/c1-2-12-3-5-13(6-4-12)19-20-15-8-7-14(9-16(15)22)21(10-17(23)24)11-18(25)26/h2-9,22H,1,10-11H2,(H,23,24)(H,25,26). The van der Waals surface area contributed by atoms with Gasteiger partial charge < -0.3 is 20.2 Å². The van der Waals surface area contributed by atoms with Crippen LogP contribution in [-0.2, 0) is 9.59 Å². The summed E-state index contributed by atoms with van der Waals surface area (Å²) in [6.45, 7) is 2.64. The number of hydrogen-bond acceptors (Lipinski definition) is 6. The summed E-state index contributed by atoms with van der Waals surface area (Å²) in [5.74, 6) is -2.61. The number of carboxylic acid groups (broad SMARTS) is 2. The van der Waals surface area contributed by atoms with Crippen LogP contribution < -0.4 is 4.90 Å². The summed E-state index contributed by atoms with van der Waals surface area (Å²) < 4.78 is 0. The van der Waals surface area contributed by atoms with Crippen molar-refractivity contribution >= 4 is 35.1 Å². The lowest BCUT2D eigenvalue weighted by atomic mass is 10.2. The maximum absolute atomic E-state index is 10.9. The highest BCUT2D eigenvalue weighted by Crippen LogP contribution is 2.32. The molecule has 8 heteroatoms. The molecule has 2 aromatic rings. The smallest absolute Gasteiger partial charge is 0.323 e. The van der Waals surface area contributed by atoms with Gasteiger partial charge in [-0.25, -0.2) is 0 Å². The molecule has 0 spiro atoms. The number of benzene rings is 2. The lowest BCUT2D eigenvalue weighted by Crippen LogP contribution is -2.34. The third-order valence-corrected chi connectivity index (χ3v) is 3.38. The first-order chi connectivity index (χ1) is 12.4. The zero-order chi connectivity index (χ0) is 19.1. The first-order valence-corrected chi connectivity index (χ1v) is 7.55. The van der Waals surface area contributed by atoms with E-state index in [4.69, 9.17) is 10.2 Å². The van der Waals surface area contributed by atoms with Crippen molar-refractivity contribution in [3.05, 3.63) is 54.6 Å². The zero-order valence-corrected chi connectivity index (χ0v) is 13.7. The quantitative estimate of drug-likeness (QED) is 0.624. The highest BCUT2D eigenvalue weighted by atomic mass is 16.4. The molecule has 26 heavy (non-hydrogen) atoms. The lowest BCUT2D eigenvalue weighted by molar-refractivity contribution is -0.136. The minimum atomic E-state index is -1.18. The number of anilines is 1. The molecule has 134 valence electrons. The molecular formula is C18H17N3O5. The van der Waals surface area contributed by atoms with Crippen LogP contribution >= 0.6 is 0 Å². The van der Waals surface area contributed by atoms with Crippen LogP contribution in [-0.4, -0.2) is 40.3 Å². The number of hydrogen-bond donors (Lipinski definition) is 3. The number of nitrogens with zero attached hydrogens (tertiary/aromatic N) is 3. The summed E-state index contributed by atoms with van der Waals surface area (Å²) in [4.78, 5) is 22.9. The summed E-state index contributed by atoms with van der Waals surface area (Å²) >= 11 is 0. The van der Waals surface area contributed by atoms with E-state index in [2.05, 4.69) is 16.8 Å². The molecule has 0 saturated heterocycles. The zero-order valence-electron chi connectivity index (χ0n) is 13.7. The SMILES string of the molecule is C=Cc1ccc(N=Nc2ccc(N(CC(=O)O)CC(=O)O)cc2O)cc1. The van der Waals surface area contributed by atoms with E-state index in [1.807, 2.05) is 12.1 Å². The van der Waals surface area contributed by atoms with Crippen molar-refractivity contribution in [2.75, 3.05) is 18.0 Å². The Kier molecular flexibility index (Phi) is 6.05. The summed E-state index contributed by atoms with van der Waals surface area (Å²) in [7, 11) is 0. The van der Waals surface area contributed by atoms with Crippen molar-refractivity contribution in [1.82, 2.24) is 0 Å². The van der Waals surface area contributed by atoms with E-state index in [0.717, 1.165) is 10.5 Å². The average Bonchev–Trinajstić information content (AvgIpc) is 2.59. The normalized spacial score (nSPS) is 10.6. The highest BCUT2D eigenvalue weighted by Gasteiger charge is 2.15. The molecule has 0 aliphatic rings. The van der Waals surface area contributed by atoms with Gasteiger partial charge in [-0.3, -0.25) is 9.59 Å². The summed E-state index contributed by atoms with van der Waals surface area (Å²) in [6, 6.07) is 11.3. The molecule has 0 radical (unpaired) electrons. The molecule has 2 aromatic carbocycles. The van der Waals surface area contributed by atoms with E-state index in [-0.39, 0.29) is 17.1 Å². The summed E-state index contributed by atoms with van der Waals surface area (Å²) in [6.07, 6.45) is 1.70. The van der Waals surface area contributed by atoms with Gasteiger partial charge in [0.05, 0.1) is 5.69 Å². The lowest BCUT2D eigenvalue weighted by Gasteiger charge is -2.20. The largest absolute Gasteiger partial charge is 0.506 e. The fourth-order valence-electron chi connectivity index (χ4n) is 2.15. The summed E-state index contributed by atoms with van der Waals surface area (Å²) in [5.41, 5.74) is 1.94. The number of phenols is 1. The Balaban J connectivity index is 2.21. The monoisotopic (exact) mass is 355 g/mol. The van der Waals surface area contributed by atoms with Gasteiger partial charge in [0.1, 0.15) is 24.5 Å².